The molecule has 2 aromatic carbocycles. The molecule has 1 amide bonds. The lowest BCUT2D eigenvalue weighted by atomic mass is 10.0. The third-order valence-corrected chi connectivity index (χ3v) is 4.97. The molecule has 0 radical (unpaired) electrons. The first-order chi connectivity index (χ1) is 13.0. The van der Waals surface area contributed by atoms with E-state index in [2.05, 4.69) is 45.3 Å². The van der Waals surface area contributed by atoms with Crippen LogP contribution < -0.4 is 16.6 Å². The Morgan fingerprint density at radius 2 is 1.93 bits per heavy atom. The van der Waals surface area contributed by atoms with Crippen LogP contribution in [0.4, 0.5) is 0 Å². The fourth-order valence-corrected chi connectivity index (χ4v) is 3.34. The lowest BCUT2D eigenvalue weighted by molar-refractivity contribution is -0.118. The van der Waals surface area contributed by atoms with Crippen molar-refractivity contribution in [2.75, 3.05) is 0 Å². The van der Waals surface area contributed by atoms with Gasteiger partial charge in [0.05, 0.1) is 17.4 Å². The molecule has 0 aliphatic carbocycles. The first kappa shape index (κ1) is 19.3. The van der Waals surface area contributed by atoms with Crippen LogP contribution in [0.25, 0.3) is 10.9 Å². The number of fused-ring (bicyclic) bond motifs is 1. The van der Waals surface area contributed by atoms with Gasteiger partial charge in [-0.2, -0.15) is 0 Å². The summed E-state index contributed by atoms with van der Waals surface area (Å²) in [6.45, 7) is 2.24. The van der Waals surface area contributed by atoms with Crippen LogP contribution in [0.15, 0.2) is 57.8 Å². The number of nitrogens with two attached hydrogens (primary N) is 1. The second-order valence-electron chi connectivity index (χ2n) is 6.30. The molecule has 0 saturated heterocycles. The Hall–Kier alpha value is -2.51. The minimum Gasteiger partial charge on any atom is -0.368 e. The van der Waals surface area contributed by atoms with Gasteiger partial charge in [-0.05, 0) is 36.2 Å². The second kappa shape index (κ2) is 8.45. The predicted octanol–water partition coefficient (Wildman–Crippen LogP) is 2.89. The molecule has 0 bridgehead atoms. The summed E-state index contributed by atoms with van der Waals surface area (Å²) in [5.74, 6) is -0.0801. The topological polar surface area (TPSA) is 90.0 Å². The van der Waals surface area contributed by atoms with Crippen LogP contribution in [-0.4, -0.2) is 15.5 Å². The molecule has 3 rings (SSSR count). The highest BCUT2D eigenvalue weighted by Crippen LogP contribution is 2.20. The molecular formula is C20H21BrN4O2. The highest BCUT2D eigenvalue weighted by Gasteiger charge is 2.15. The Kier molecular flexibility index (Phi) is 6.03. The molecule has 1 heterocycles. The molecule has 0 fully saturated rings. The summed E-state index contributed by atoms with van der Waals surface area (Å²) in [5.41, 5.74) is 6.84. The van der Waals surface area contributed by atoms with E-state index in [4.69, 9.17) is 5.73 Å². The molecule has 3 aromatic rings. The first-order valence-electron chi connectivity index (χ1n) is 8.75. The molecule has 140 valence electrons. The van der Waals surface area contributed by atoms with E-state index < -0.39 is 5.91 Å². The zero-order chi connectivity index (χ0) is 19.4. The largest absolute Gasteiger partial charge is 0.368 e. The minimum absolute atomic E-state index is 0.100. The number of halogens is 1. The summed E-state index contributed by atoms with van der Waals surface area (Å²) in [7, 11) is 0. The Bertz CT molecular complexity index is 1010. The van der Waals surface area contributed by atoms with Crippen LogP contribution in [-0.2, 0) is 17.9 Å². The summed E-state index contributed by atoms with van der Waals surface area (Å²) in [4.78, 5) is 28.8. The fraction of sp³-hybridized carbons (Fsp3) is 0.250. The number of nitrogens with zero attached hydrogens (tertiary/aromatic N) is 2. The van der Waals surface area contributed by atoms with Crippen LogP contribution in [0, 0.1) is 0 Å². The maximum atomic E-state index is 12.8. The van der Waals surface area contributed by atoms with Crippen molar-refractivity contribution in [1.82, 2.24) is 14.9 Å². The number of carbonyl (C=O) groups is 1. The van der Waals surface area contributed by atoms with Gasteiger partial charge in [0.2, 0.25) is 5.91 Å². The van der Waals surface area contributed by atoms with Crippen molar-refractivity contribution in [3.05, 3.63) is 74.7 Å². The molecular weight excluding hydrogens is 408 g/mol. The summed E-state index contributed by atoms with van der Waals surface area (Å²) < 4.78 is 2.37. The van der Waals surface area contributed by atoms with Crippen molar-refractivity contribution in [1.29, 1.82) is 0 Å². The average Bonchev–Trinajstić information content (AvgIpc) is 2.66. The number of aromatic nitrogens is 2. The van der Waals surface area contributed by atoms with E-state index in [9.17, 15) is 9.59 Å². The SMILES string of the molecule is CC[C@@H](NCc1nc2ccccc2c(=O)n1CC(N)=O)c1ccc(Br)cc1. The maximum absolute atomic E-state index is 12.8. The number of amides is 1. The molecule has 0 spiro atoms. The Morgan fingerprint density at radius 3 is 2.59 bits per heavy atom. The van der Waals surface area contributed by atoms with Gasteiger partial charge in [-0.15, -0.1) is 0 Å². The van der Waals surface area contributed by atoms with E-state index in [0.29, 0.717) is 23.3 Å². The highest BCUT2D eigenvalue weighted by molar-refractivity contribution is 9.10. The van der Waals surface area contributed by atoms with Gasteiger partial charge in [0.15, 0.2) is 0 Å². The smallest absolute Gasteiger partial charge is 0.261 e. The third-order valence-electron chi connectivity index (χ3n) is 4.44. The molecule has 0 saturated carbocycles. The van der Waals surface area contributed by atoms with Crippen molar-refractivity contribution < 1.29 is 4.79 Å². The molecule has 3 N–H and O–H groups in total. The number of hydrogen-bond donors (Lipinski definition) is 2. The van der Waals surface area contributed by atoms with Crippen molar-refractivity contribution in [2.24, 2.45) is 5.73 Å². The molecule has 1 atom stereocenters. The first-order valence-corrected chi connectivity index (χ1v) is 9.54. The van der Waals surface area contributed by atoms with Crippen molar-refractivity contribution in [2.45, 2.75) is 32.5 Å². The minimum atomic E-state index is -0.574. The van der Waals surface area contributed by atoms with Gasteiger partial charge in [-0.25, -0.2) is 4.98 Å². The van der Waals surface area contributed by atoms with E-state index in [-0.39, 0.29) is 18.1 Å². The molecule has 0 aliphatic heterocycles. The number of primary amides is 1. The zero-order valence-corrected chi connectivity index (χ0v) is 16.6. The molecule has 0 aliphatic rings. The molecule has 6 nitrogen and oxygen atoms in total. The Labute approximate surface area is 165 Å². The van der Waals surface area contributed by atoms with Crippen LogP contribution in [0.1, 0.15) is 30.8 Å². The fourth-order valence-electron chi connectivity index (χ4n) is 3.08. The lowest BCUT2D eigenvalue weighted by Gasteiger charge is -2.19. The zero-order valence-electron chi connectivity index (χ0n) is 15.0. The molecule has 0 unspecified atom stereocenters. The highest BCUT2D eigenvalue weighted by atomic mass is 79.9. The summed E-state index contributed by atoms with van der Waals surface area (Å²) >= 11 is 3.44. The van der Waals surface area contributed by atoms with Gasteiger partial charge in [0.1, 0.15) is 12.4 Å². The van der Waals surface area contributed by atoms with Crippen LogP contribution >= 0.6 is 15.9 Å². The summed E-state index contributed by atoms with van der Waals surface area (Å²) in [5, 5.41) is 3.91. The number of benzene rings is 2. The molecule has 7 heteroatoms. The van der Waals surface area contributed by atoms with E-state index >= 15 is 0 Å². The van der Waals surface area contributed by atoms with Gasteiger partial charge in [-0.3, -0.25) is 14.2 Å². The van der Waals surface area contributed by atoms with Crippen LogP contribution in [0.2, 0.25) is 0 Å². The number of para-hydroxylation sites is 1. The van der Waals surface area contributed by atoms with Crippen molar-refractivity contribution in [3.63, 3.8) is 0 Å². The third kappa shape index (κ3) is 4.43. The van der Waals surface area contributed by atoms with E-state index in [1.807, 2.05) is 18.2 Å². The standard InChI is InChI=1S/C20H21BrN4O2/c1-2-16(13-7-9-14(21)10-8-13)23-11-19-24-17-6-4-3-5-15(17)20(27)25(19)12-18(22)26/h3-10,16,23H,2,11-12H2,1H3,(H2,22,26)/t16-/m1/s1. The quantitative estimate of drug-likeness (QED) is 0.605. The monoisotopic (exact) mass is 428 g/mol. The lowest BCUT2D eigenvalue weighted by Crippen LogP contribution is -2.34. The Morgan fingerprint density at radius 1 is 1.22 bits per heavy atom. The molecule has 1 aromatic heterocycles. The average molecular weight is 429 g/mol. The number of rotatable bonds is 7. The molecule has 27 heavy (non-hydrogen) atoms. The summed E-state index contributed by atoms with van der Waals surface area (Å²) in [6, 6.07) is 15.3. The second-order valence-corrected chi connectivity index (χ2v) is 7.21. The van der Waals surface area contributed by atoms with Crippen LogP contribution in [0.3, 0.4) is 0 Å². The normalized spacial score (nSPS) is 12.2. The van der Waals surface area contributed by atoms with Gasteiger partial charge in [0, 0.05) is 10.5 Å². The van der Waals surface area contributed by atoms with Gasteiger partial charge >= 0.3 is 0 Å². The summed E-state index contributed by atoms with van der Waals surface area (Å²) in [6.07, 6.45) is 0.870. The number of carbonyl (C=O) groups excluding carboxylic acids is 1. The van der Waals surface area contributed by atoms with Gasteiger partial charge < -0.3 is 11.1 Å². The maximum Gasteiger partial charge on any atom is 0.261 e. The predicted molar refractivity (Wildman–Crippen MR) is 109 cm³/mol. The van der Waals surface area contributed by atoms with E-state index in [1.54, 1.807) is 18.2 Å². The Balaban J connectivity index is 1.93. The van der Waals surface area contributed by atoms with Crippen molar-refractivity contribution in [3.8, 4) is 0 Å². The van der Waals surface area contributed by atoms with Crippen molar-refractivity contribution >= 4 is 32.7 Å². The van der Waals surface area contributed by atoms with Gasteiger partial charge in [0.25, 0.3) is 5.56 Å². The van der Waals surface area contributed by atoms with Gasteiger partial charge in [-0.1, -0.05) is 47.1 Å². The number of hydrogen-bond acceptors (Lipinski definition) is 4. The van der Waals surface area contributed by atoms with E-state index in [1.165, 1.54) is 4.57 Å². The number of nitrogens with one attached hydrogen (secondary N) is 1. The van der Waals surface area contributed by atoms with E-state index in [0.717, 1.165) is 16.5 Å². The van der Waals surface area contributed by atoms with Crippen LogP contribution in [0.5, 0.6) is 0 Å².